The molecule has 12 heteroatoms. The van der Waals surface area contributed by atoms with Crippen molar-refractivity contribution >= 4 is 27.5 Å². The van der Waals surface area contributed by atoms with Gasteiger partial charge in [0.25, 0.3) is 5.91 Å². The van der Waals surface area contributed by atoms with E-state index in [1.54, 1.807) is 13.8 Å². The number of rotatable bonds is 4. The van der Waals surface area contributed by atoms with E-state index >= 15 is 0 Å². The van der Waals surface area contributed by atoms with Crippen LogP contribution < -0.4 is 15.8 Å². The van der Waals surface area contributed by atoms with Crippen LogP contribution in [0.4, 0.5) is 10.1 Å². The summed E-state index contributed by atoms with van der Waals surface area (Å²) in [4.78, 5) is 25.4. The van der Waals surface area contributed by atoms with Crippen LogP contribution in [0.1, 0.15) is 42.5 Å². The molecule has 0 spiro atoms. The lowest BCUT2D eigenvalue weighted by Crippen LogP contribution is -2.50. The van der Waals surface area contributed by atoms with Crippen molar-refractivity contribution in [1.29, 1.82) is 0 Å². The number of nitrogens with zero attached hydrogens (tertiary/aromatic N) is 4. The molecular weight excluding hydrogens is 451 g/mol. The Morgan fingerprint density at radius 2 is 1.97 bits per heavy atom. The number of halogens is 1. The normalized spacial score (nSPS) is 22.2. The van der Waals surface area contributed by atoms with Gasteiger partial charge in [-0.15, -0.1) is 0 Å². The SMILES string of the molecule is COc1cnc(C(=O)Nc2ccc(F)c(C3(C)CN(C)S(=O)(=O)C(C)(C)C(N)=N3)c2)c(C)n1. The number of sulfonamides is 1. The van der Waals surface area contributed by atoms with Crippen molar-refractivity contribution in [3.8, 4) is 5.88 Å². The number of ether oxygens (including phenoxy) is 1. The van der Waals surface area contributed by atoms with E-state index in [0.717, 1.165) is 4.31 Å². The average molecular weight is 479 g/mol. The zero-order chi connectivity index (χ0) is 24.8. The van der Waals surface area contributed by atoms with Gasteiger partial charge in [0.2, 0.25) is 15.9 Å². The summed E-state index contributed by atoms with van der Waals surface area (Å²) in [5.74, 6) is -1.02. The molecule has 1 aromatic carbocycles. The van der Waals surface area contributed by atoms with Gasteiger partial charge in [0.05, 0.1) is 19.0 Å². The Bertz CT molecular complexity index is 1250. The first-order valence-electron chi connectivity index (χ1n) is 10.0. The van der Waals surface area contributed by atoms with Crippen molar-refractivity contribution in [2.75, 3.05) is 26.0 Å². The minimum Gasteiger partial charge on any atom is -0.480 e. The summed E-state index contributed by atoms with van der Waals surface area (Å²) in [7, 11) is -0.991. The number of aliphatic imine (C=N–C) groups is 1. The Kier molecular flexibility index (Phi) is 6.20. The minimum atomic E-state index is -3.83. The van der Waals surface area contributed by atoms with Crippen LogP contribution in [-0.4, -0.2) is 59.9 Å². The van der Waals surface area contributed by atoms with E-state index in [1.165, 1.54) is 52.4 Å². The monoisotopic (exact) mass is 478 g/mol. The van der Waals surface area contributed by atoms with Crippen LogP contribution in [0.25, 0.3) is 0 Å². The van der Waals surface area contributed by atoms with Crippen LogP contribution in [0.15, 0.2) is 29.4 Å². The van der Waals surface area contributed by atoms with Gasteiger partial charge in [-0.25, -0.2) is 27.1 Å². The number of likely N-dealkylation sites (N-methyl/N-ethyl adjacent to an activating group) is 1. The first kappa shape index (κ1) is 24.5. The van der Waals surface area contributed by atoms with Gasteiger partial charge in [-0.3, -0.25) is 9.79 Å². The molecule has 178 valence electrons. The fourth-order valence-corrected chi connectivity index (χ4v) is 5.12. The van der Waals surface area contributed by atoms with Gasteiger partial charge in [-0.05, 0) is 45.9 Å². The fraction of sp³-hybridized carbons (Fsp3) is 0.429. The topological polar surface area (TPSA) is 140 Å². The lowest BCUT2D eigenvalue weighted by Gasteiger charge is -2.29. The van der Waals surface area contributed by atoms with Crippen LogP contribution in [0.2, 0.25) is 0 Å². The highest BCUT2D eigenvalue weighted by atomic mass is 32.2. The second kappa shape index (κ2) is 8.34. The van der Waals surface area contributed by atoms with Crippen LogP contribution in [0.5, 0.6) is 5.88 Å². The standard InChI is InChI=1S/C21H27FN6O4S/c1-12-17(24-10-16(25-12)32-6)18(29)26-13-7-8-15(22)14(9-13)21(4)11-28(5)33(30,31)20(2,3)19(23)27-21/h7-10H,11H2,1-6H3,(H2,23,27)(H,26,29). The second-order valence-corrected chi connectivity index (χ2v) is 11.1. The number of aromatic nitrogens is 2. The molecule has 0 saturated carbocycles. The second-order valence-electron chi connectivity index (χ2n) is 8.54. The van der Waals surface area contributed by atoms with Crippen LogP contribution in [0.3, 0.4) is 0 Å². The average Bonchev–Trinajstić information content (AvgIpc) is 2.77. The third-order valence-electron chi connectivity index (χ3n) is 5.72. The molecule has 1 unspecified atom stereocenters. The van der Waals surface area contributed by atoms with Gasteiger partial charge in [0, 0.05) is 24.8 Å². The van der Waals surface area contributed by atoms with Crippen molar-refractivity contribution in [2.24, 2.45) is 10.7 Å². The number of amidine groups is 1. The zero-order valence-corrected chi connectivity index (χ0v) is 20.1. The number of hydrogen-bond donors (Lipinski definition) is 2. The largest absolute Gasteiger partial charge is 0.480 e. The maximum atomic E-state index is 15.0. The van der Waals surface area contributed by atoms with Gasteiger partial charge in [-0.1, -0.05) is 0 Å². The van der Waals surface area contributed by atoms with E-state index < -0.39 is 32.0 Å². The molecule has 3 rings (SSSR count). The number of benzene rings is 1. The molecule has 0 saturated heterocycles. The molecule has 1 aliphatic heterocycles. The Balaban J connectivity index is 2.01. The number of aryl methyl sites for hydroxylation is 1. The summed E-state index contributed by atoms with van der Waals surface area (Å²) < 4.78 is 45.4. The molecule has 33 heavy (non-hydrogen) atoms. The summed E-state index contributed by atoms with van der Waals surface area (Å²) in [5, 5.41) is 2.67. The minimum absolute atomic E-state index is 0.0807. The van der Waals surface area contributed by atoms with E-state index in [4.69, 9.17) is 10.5 Å². The van der Waals surface area contributed by atoms with Crippen molar-refractivity contribution in [2.45, 2.75) is 38.0 Å². The molecule has 0 fully saturated rings. The molecule has 0 aliphatic carbocycles. The Morgan fingerprint density at radius 1 is 1.30 bits per heavy atom. The number of carbonyl (C=O) groups is 1. The van der Waals surface area contributed by atoms with E-state index in [9.17, 15) is 17.6 Å². The van der Waals surface area contributed by atoms with E-state index in [1.807, 2.05) is 0 Å². The van der Waals surface area contributed by atoms with Gasteiger partial charge in [0.1, 0.15) is 27.6 Å². The maximum Gasteiger partial charge on any atom is 0.276 e. The van der Waals surface area contributed by atoms with Gasteiger partial charge >= 0.3 is 0 Å². The first-order chi connectivity index (χ1) is 15.2. The number of methoxy groups -OCH3 is 1. The summed E-state index contributed by atoms with van der Waals surface area (Å²) in [5.41, 5.74) is 5.54. The van der Waals surface area contributed by atoms with Crippen molar-refractivity contribution in [3.05, 3.63) is 47.2 Å². The molecule has 2 aromatic rings. The van der Waals surface area contributed by atoms with Crippen LogP contribution >= 0.6 is 0 Å². The molecule has 1 amide bonds. The lowest BCUT2D eigenvalue weighted by molar-refractivity contribution is 0.102. The molecule has 1 atom stereocenters. The van der Waals surface area contributed by atoms with E-state index in [0.29, 0.717) is 5.69 Å². The van der Waals surface area contributed by atoms with Gasteiger partial charge < -0.3 is 15.8 Å². The fourth-order valence-electron chi connectivity index (χ4n) is 3.61. The summed E-state index contributed by atoms with van der Waals surface area (Å²) >= 11 is 0. The van der Waals surface area contributed by atoms with Crippen LogP contribution in [0, 0.1) is 12.7 Å². The number of carbonyl (C=O) groups excluding carboxylic acids is 1. The number of nitrogens with two attached hydrogens (primary N) is 1. The van der Waals surface area contributed by atoms with Crippen molar-refractivity contribution in [3.63, 3.8) is 0 Å². The van der Waals surface area contributed by atoms with E-state index in [2.05, 4.69) is 20.3 Å². The molecule has 3 N–H and O–H groups in total. The summed E-state index contributed by atoms with van der Waals surface area (Å²) in [6.07, 6.45) is 1.32. The highest BCUT2D eigenvalue weighted by Gasteiger charge is 2.48. The van der Waals surface area contributed by atoms with Gasteiger partial charge in [-0.2, -0.15) is 0 Å². The first-order valence-corrected chi connectivity index (χ1v) is 11.5. The molecule has 2 heterocycles. The highest BCUT2D eigenvalue weighted by Crippen LogP contribution is 2.36. The third-order valence-corrected chi connectivity index (χ3v) is 8.17. The zero-order valence-electron chi connectivity index (χ0n) is 19.3. The number of anilines is 1. The summed E-state index contributed by atoms with van der Waals surface area (Å²) in [6, 6.07) is 3.98. The van der Waals surface area contributed by atoms with Gasteiger partial charge in [0.15, 0.2) is 0 Å². The molecule has 0 radical (unpaired) electrons. The lowest BCUT2D eigenvalue weighted by atomic mass is 9.91. The van der Waals surface area contributed by atoms with Crippen molar-refractivity contribution in [1.82, 2.24) is 14.3 Å². The smallest absolute Gasteiger partial charge is 0.276 e. The highest BCUT2D eigenvalue weighted by molar-refractivity contribution is 7.91. The summed E-state index contributed by atoms with van der Waals surface area (Å²) in [6.45, 7) is 5.97. The molecular formula is C21H27FN6O4S. The molecule has 1 aliphatic rings. The number of hydrogen-bond acceptors (Lipinski definition) is 8. The Morgan fingerprint density at radius 3 is 2.58 bits per heavy atom. The number of amides is 1. The number of nitrogens with one attached hydrogen (secondary N) is 1. The maximum absolute atomic E-state index is 15.0. The quantitative estimate of drug-likeness (QED) is 0.683. The molecule has 0 bridgehead atoms. The third kappa shape index (κ3) is 4.27. The Hall–Kier alpha value is -3.12. The molecule has 1 aromatic heterocycles. The molecule has 10 nitrogen and oxygen atoms in total. The predicted molar refractivity (Wildman–Crippen MR) is 122 cm³/mol. The van der Waals surface area contributed by atoms with E-state index in [-0.39, 0.29) is 35.2 Å². The van der Waals surface area contributed by atoms with Crippen LogP contribution in [-0.2, 0) is 15.6 Å². The van der Waals surface area contributed by atoms with Crippen molar-refractivity contribution < 1.29 is 22.3 Å². The Labute approximate surface area is 192 Å². The predicted octanol–water partition coefficient (Wildman–Crippen LogP) is 1.81.